The third kappa shape index (κ3) is 3.11. The van der Waals surface area contributed by atoms with Crippen LogP contribution in [-0.4, -0.2) is 51.7 Å². The lowest BCUT2D eigenvalue weighted by Gasteiger charge is -2.49. The summed E-state index contributed by atoms with van der Waals surface area (Å²) >= 11 is 1.92. The number of nitrogens with zero attached hydrogens (tertiary/aromatic N) is 2. The smallest absolute Gasteiger partial charge is 0.225 e. The van der Waals surface area contributed by atoms with Crippen molar-refractivity contribution in [3.8, 4) is 0 Å². The number of hydrogen-bond acceptors (Lipinski definition) is 4. The summed E-state index contributed by atoms with van der Waals surface area (Å²) in [6.45, 7) is 2.14. The van der Waals surface area contributed by atoms with Crippen molar-refractivity contribution >= 4 is 17.7 Å². The van der Waals surface area contributed by atoms with E-state index in [1.807, 2.05) is 34.9 Å². The predicted octanol–water partition coefficient (Wildman–Crippen LogP) is 2.43. The Morgan fingerprint density at radius 2 is 2.26 bits per heavy atom. The average molecular weight is 336 g/mol. The van der Waals surface area contributed by atoms with E-state index in [0.717, 1.165) is 31.0 Å². The largest absolute Gasteiger partial charge is 0.371 e. The minimum atomic E-state index is -0.760. The number of aromatic nitrogens is 1. The SMILES string of the molecule is O=C(C1CC(F)C1)N1CC2(C[C@H](OCc3ccccn3)CS2)C1. The number of halogens is 1. The lowest BCUT2D eigenvalue weighted by molar-refractivity contribution is -0.146. The summed E-state index contributed by atoms with van der Waals surface area (Å²) in [6, 6.07) is 5.84. The molecule has 1 aliphatic carbocycles. The van der Waals surface area contributed by atoms with Gasteiger partial charge in [-0.05, 0) is 31.4 Å². The van der Waals surface area contributed by atoms with E-state index in [9.17, 15) is 9.18 Å². The monoisotopic (exact) mass is 336 g/mol. The molecule has 0 bridgehead atoms. The van der Waals surface area contributed by atoms with Gasteiger partial charge in [0.2, 0.25) is 5.91 Å². The number of thioether (sulfide) groups is 1. The van der Waals surface area contributed by atoms with Gasteiger partial charge in [-0.25, -0.2) is 4.39 Å². The topological polar surface area (TPSA) is 42.4 Å². The second kappa shape index (κ2) is 6.06. The van der Waals surface area contributed by atoms with Crippen molar-refractivity contribution in [3.05, 3.63) is 30.1 Å². The van der Waals surface area contributed by atoms with Gasteiger partial charge < -0.3 is 9.64 Å². The highest BCUT2D eigenvalue weighted by Crippen LogP contribution is 2.47. The van der Waals surface area contributed by atoms with Crippen molar-refractivity contribution in [2.45, 2.75) is 42.9 Å². The standard InChI is InChI=1S/C17H21FN2O2S/c18-13-5-12(6-13)16(21)20-10-17(11-20)7-15(9-23-17)22-8-14-3-1-2-4-19-14/h1-4,12-13,15H,5-11H2/t12?,13?,15-/m0/s1. The van der Waals surface area contributed by atoms with E-state index in [2.05, 4.69) is 4.98 Å². The molecule has 23 heavy (non-hydrogen) atoms. The van der Waals surface area contributed by atoms with Crippen molar-refractivity contribution in [2.75, 3.05) is 18.8 Å². The Balaban J connectivity index is 1.23. The lowest BCUT2D eigenvalue weighted by atomic mass is 9.80. The molecule has 4 nitrogen and oxygen atoms in total. The van der Waals surface area contributed by atoms with Crippen LogP contribution >= 0.6 is 11.8 Å². The number of amides is 1. The van der Waals surface area contributed by atoms with Gasteiger partial charge in [0.25, 0.3) is 0 Å². The zero-order chi connectivity index (χ0) is 15.9. The third-order valence-corrected chi connectivity index (χ3v) is 6.64. The molecule has 1 atom stereocenters. The highest BCUT2D eigenvalue weighted by atomic mass is 32.2. The summed E-state index contributed by atoms with van der Waals surface area (Å²) in [4.78, 5) is 18.4. The molecule has 0 aromatic carbocycles. The first-order valence-corrected chi connectivity index (χ1v) is 9.20. The maximum absolute atomic E-state index is 12.9. The van der Waals surface area contributed by atoms with Crippen LogP contribution < -0.4 is 0 Å². The van der Waals surface area contributed by atoms with Crippen LogP contribution in [-0.2, 0) is 16.1 Å². The lowest BCUT2D eigenvalue weighted by Crippen LogP contribution is -2.62. The van der Waals surface area contributed by atoms with Crippen molar-refractivity contribution in [1.82, 2.24) is 9.88 Å². The fourth-order valence-electron chi connectivity index (χ4n) is 3.63. The molecule has 3 heterocycles. The maximum atomic E-state index is 12.9. The fourth-order valence-corrected chi connectivity index (χ4v) is 5.18. The summed E-state index contributed by atoms with van der Waals surface area (Å²) in [5.41, 5.74) is 0.953. The molecular formula is C17H21FN2O2S. The van der Waals surface area contributed by atoms with Gasteiger partial charge in [-0.3, -0.25) is 9.78 Å². The van der Waals surface area contributed by atoms with Gasteiger partial charge in [0.15, 0.2) is 0 Å². The minimum absolute atomic E-state index is 0.0649. The fraction of sp³-hybridized carbons (Fsp3) is 0.647. The molecule has 3 aliphatic rings. The van der Waals surface area contributed by atoms with Gasteiger partial charge in [0.05, 0.1) is 23.2 Å². The van der Waals surface area contributed by atoms with Crippen LogP contribution in [0.5, 0.6) is 0 Å². The number of ether oxygens (including phenoxy) is 1. The highest BCUT2D eigenvalue weighted by Gasteiger charge is 2.52. The maximum Gasteiger partial charge on any atom is 0.225 e. The molecule has 1 saturated carbocycles. The van der Waals surface area contributed by atoms with Crippen LogP contribution in [0.25, 0.3) is 0 Å². The molecule has 1 amide bonds. The van der Waals surface area contributed by atoms with Gasteiger partial charge in [0, 0.05) is 31.0 Å². The Labute approximate surface area is 139 Å². The number of carbonyl (C=O) groups excluding carboxylic acids is 1. The number of rotatable bonds is 4. The second-order valence-electron chi connectivity index (χ2n) is 6.91. The van der Waals surface area contributed by atoms with Crippen LogP contribution in [0.1, 0.15) is 25.0 Å². The zero-order valence-corrected chi connectivity index (χ0v) is 13.8. The van der Waals surface area contributed by atoms with E-state index in [1.54, 1.807) is 6.20 Å². The predicted molar refractivity (Wildman–Crippen MR) is 86.8 cm³/mol. The molecule has 1 aromatic heterocycles. The first-order valence-electron chi connectivity index (χ1n) is 8.22. The van der Waals surface area contributed by atoms with Crippen LogP contribution in [0.3, 0.4) is 0 Å². The second-order valence-corrected chi connectivity index (χ2v) is 8.40. The molecule has 6 heteroatoms. The first-order chi connectivity index (χ1) is 11.1. The van der Waals surface area contributed by atoms with E-state index in [-0.39, 0.29) is 22.7 Å². The van der Waals surface area contributed by atoms with Gasteiger partial charge >= 0.3 is 0 Å². The number of carbonyl (C=O) groups is 1. The molecule has 2 aliphatic heterocycles. The van der Waals surface area contributed by atoms with E-state index in [4.69, 9.17) is 4.74 Å². The summed E-state index contributed by atoms with van der Waals surface area (Å²) < 4.78 is 19.0. The summed E-state index contributed by atoms with van der Waals surface area (Å²) in [5, 5.41) is 0. The number of hydrogen-bond donors (Lipinski definition) is 0. The Morgan fingerprint density at radius 3 is 2.96 bits per heavy atom. The third-order valence-electron chi connectivity index (χ3n) is 5.07. The molecule has 4 rings (SSSR count). The number of pyridine rings is 1. The van der Waals surface area contributed by atoms with E-state index in [0.29, 0.717) is 19.4 Å². The van der Waals surface area contributed by atoms with Crippen molar-refractivity contribution < 1.29 is 13.9 Å². The molecule has 1 aromatic rings. The van der Waals surface area contributed by atoms with Crippen molar-refractivity contribution in [1.29, 1.82) is 0 Å². The molecule has 0 unspecified atom stereocenters. The molecule has 0 N–H and O–H groups in total. The van der Waals surface area contributed by atoms with Gasteiger partial charge in [-0.1, -0.05) is 6.07 Å². The first kappa shape index (κ1) is 15.4. The van der Waals surface area contributed by atoms with E-state index >= 15 is 0 Å². The highest BCUT2D eigenvalue weighted by molar-refractivity contribution is 8.01. The Bertz CT molecular complexity index is 573. The molecule has 1 spiro atoms. The van der Waals surface area contributed by atoms with Crippen molar-refractivity contribution in [3.63, 3.8) is 0 Å². The number of likely N-dealkylation sites (tertiary alicyclic amines) is 1. The van der Waals surface area contributed by atoms with E-state index in [1.165, 1.54) is 0 Å². The summed E-state index contributed by atoms with van der Waals surface area (Å²) in [6.07, 6.45) is 3.09. The number of alkyl halides is 1. The van der Waals surface area contributed by atoms with Gasteiger partial charge in [-0.15, -0.1) is 11.8 Å². The minimum Gasteiger partial charge on any atom is -0.371 e. The Morgan fingerprint density at radius 1 is 1.43 bits per heavy atom. The van der Waals surface area contributed by atoms with Crippen LogP contribution in [0.2, 0.25) is 0 Å². The summed E-state index contributed by atoms with van der Waals surface area (Å²) in [5.74, 6) is 1.07. The van der Waals surface area contributed by atoms with Crippen LogP contribution in [0, 0.1) is 5.92 Å². The molecular weight excluding hydrogens is 315 g/mol. The Kier molecular flexibility index (Phi) is 4.05. The Hall–Kier alpha value is -1.14. The van der Waals surface area contributed by atoms with Crippen LogP contribution in [0.15, 0.2) is 24.4 Å². The molecule has 124 valence electrons. The van der Waals surface area contributed by atoms with Gasteiger partial charge in [-0.2, -0.15) is 0 Å². The molecule has 3 fully saturated rings. The summed E-state index contributed by atoms with van der Waals surface area (Å²) in [7, 11) is 0. The van der Waals surface area contributed by atoms with Crippen molar-refractivity contribution in [2.24, 2.45) is 5.92 Å². The zero-order valence-electron chi connectivity index (χ0n) is 13.0. The average Bonchev–Trinajstić information content (AvgIpc) is 2.93. The molecule has 0 radical (unpaired) electrons. The van der Waals surface area contributed by atoms with E-state index < -0.39 is 6.17 Å². The normalized spacial score (nSPS) is 31.7. The van der Waals surface area contributed by atoms with Gasteiger partial charge in [0.1, 0.15) is 6.17 Å². The quantitative estimate of drug-likeness (QED) is 0.847. The van der Waals surface area contributed by atoms with Crippen LogP contribution in [0.4, 0.5) is 4.39 Å². The molecule has 2 saturated heterocycles.